The first-order valence-corrected chi connectivity index (χ1v) is 6.34. The van der Waals surface area contributed by atoms with Crippen LogP contribution in [0.4, 0.5) is 0 Å². The van der Waals surface area contributed by atoms with Gasteiger partial charge in [-0.1, -0.05) is 34.1 Å². The van der Waals surface area contributed by atoms with Crippen molar-refractivity contribution >= 4 is 26.8 Å². The molecule has 0 N–H and O–H groups in total. The van der Waals surface area contributed by atoms with E-state index in [2.05, 4.69) is 26.0 Å². The second kappa shape index (κ2) is 4.00. The molecule has 5 heteroatoms. The number of aryl methyl sites for hydroxylation is 1. The highest BCUT2D eigenvalue weighted by Crippen LogP contribution is 2.30. The summed E-state index contributed by atoms with van der Waals surface area (Å²) in [6.07, 6.45) is 1.45. The summed E-state index contributed by atoms with van der Waals surface area (Å²) in [6, 6.07) is 8.07. The van der Waals surface area contributed by atoms with Gasteiger partial charge < -0.3 is 4.42 Å². The van der Waals surface area contributed by atoms with Crippen LogP contribution < -0.4 is 0 Å². The average Bonchev–Trinajstić information content (AvgIpc) is 2.94. The zero-order valence-corrected chi connectivity index (χ0v) is 10.8. The van der Waals surface area contributed by atoms with Gasteiger partial charge in [0.15, 0.2) is 12.2 Å². The lowest BCUT2D eigenvalue weighted by atomic mass is 10.1. The molecular weight excluding hydrogens is 282 g/mol. The summed E-state index contributed by atoms with van der Waals surface area (Å²) in [6.45, 7) is 0. The molecule has 0 aliphatic rings. The molecule has 0 saturated heterocycles. The summed E-state index contributed by atoms with van der Waals surface area (Å²) in [5, 5.41) is 6.24. The molecule has 0 aliphatic carbocycles. The number of fused-ring (bicyclic) bond motifs is 1. The molecule has 17 heavy (non-hydrogen) atoms. The van der Waals surface area contributed by atoms with Gasteiger partial charge in [-0.15, -0.1) is 0 Å². The lowest BCUT2D eigenvalue weighted by Gasteiger charge is -1.94. The fraction of sp³-hybridized carbons (Fsp3) is 0.167. The van der Waals surface area contributed by atoms with Crippen molar-refractivity contribution in [2.75, 3.05) is 0 Å². The normalized spacial score (nSPS) is 11.2. The van der Waals surface area contributed by atoms with Gasteiger partial charge in [0.25, 0.3) is 0 Å². The van der Waals surface area contributed by atoms with Crippen molar-refractivity contribution in [1.29, 1.82) is 0 Å². The third-order valence-electron chi connectivity index (χ3n) is 2.74. The zero-order chi connectivity index (χ0) is 11.8. The van der Waals surface area contributed by atoms with E-state index >= 15 is 0 Å². The quantitative estimate of drug-likeness (QED) is 0.682. The van der Waals surface area contributed by atoms with Crippen LogP contribution in [-0.2, 0) is 12.4 Å². The molecular formula is C12H10BrN3O. The van der Waals surface area contributed by atoms with Crippen LogP contribution in [0.5, 0.6) is 0 Å². The van der Waals surface area contributed by atoms with Crippen molar-refractivity contribution in [3.8, 4) is 11.5 Å². The van der Waals surface area contributed by atoms with Crippen LogP contribution in [0.15, 0.2) is 35.1 Å². The van der Waals surface area contributed by atoms with E-state index in [0.29, 0.717) is 5.33 Å². The van der Waals surface area contributed by atoms with Gasteiger partial charge in [-0.05, 0) is 6.07 Å². The molecule has 0 radical (unpaired) electrons. The smallest absolute Gasteiger partial charge is 0.181 e. The van der Waals surface area contributed by atoms with Gasteiger partial charge in [-0.3, -0.25) is 4.68 Å². The molecule has 2 aromatic heterocycles. The number of hydrogen-bond donors (Lipinski definition) is 0. The first-order valence-electron chi connectivity index (χ1n) is 5.21. The minimum atomic E-state index is 0.656. The molecule has 0 saturated carbocycles. The second-order valence-electron chi connectivity index (χ2n) is 3.75. The Morgan fingerprint density at radius 1 is 1.35 bits per heavy atom. The van der Waals surface area contributed by atoms with Crippen LogP contribution in [0.1, 0.15) is 5.69 Å². The number of rotatable bonds is 2. The Kier molecular flexibility index (Phi) is 2.48. The summed E-state index contributed by atoms with van der Waals surface area (Å²) in [5.74, 6) is 0.735. The van der Waals surface area contributed by atoms with E-state index in [4.69, 9.17) is 4.42 Å². The Morgan fingerprint density at radius 2 is 2.18 bits per heavy atom. The molecule has 0 unspecified atom stereocenters. The fourth-order valence-corrected chi connectivity index (χ4v) is 2.34. The zero-order valence-electron chi connectivity index (χ0n) is 9.22. The van der Waals surface area contributed by atoms with Crippen LogP contribution in [0.25, 0.3) is 22.4 Å². The summed E-state index contributed by atoms with van der Waals surface area (Å²) in [5.41, 5.74) is 2.79. The predicted molar refractivity (Wildman–Crippen MR) is 68.8 cm³/mol. The highest BCUT2D eigenvalue weighted by atomic mass is 79.9. The van der Waals surface area contributed by atoms with Crippen molar-refractivity contribution in [2.24, 2.45) is 7.05 Å². The monoisotopic (exact) mass is 291 g/mol. The van der Waals surface area contributed by atoms with E-state index in [9.17, 15) is 0 Å². The first-order chi connectivity index (χ1) is 8.31. The van der Waals surface area contributed by atoms with Crippen molar-refractivity contribution in [3.63, 3.8) is 0 Å². The molecule has 0 aliphatic heterocycles. The third-order valence-corrected chi connectivity index (χ3v) is 3.27. The van der Waals surface area contributed by atoms with Gasteiger partial charge in [-0.2, -0.15) is 5.10 Å². The SMILES string of the molecule is Cn1nc(-c2ocnc2CBr)c2ccccc21. The Labute approximate surface area is 106 Å². The minimum Gasteiger partial charge on any atom is -0.441 e. The number of alkyl halides is 1. The third kappa shape index (κ3) is 1.58. The summed E-state index contributed by atoms with van der Waals surface area (Å²) in [4.78, 5) is 4.16. The average molecular weight is 292 g/mol. The lowest BCUT2D eigenvalue weighted by molar-refractivity contribution is 0.568. The highest BCUT2D eigenvalue weighted by Gasteiger charge is 2.17. The molecule has 0 fully saturated rings. The molecule has 3 aromatic rings. The Bertz CT molecular complexity index is 671. The Morgan fingerprint density at radius 3 is 3.00 bits per heavy atom. The molecule has 86 valence electrons. The molecule has 0 spiro atoms. The molecule has 4 nitrogen and oxygen atoms in total. The molecule has 1 aromatic carbocycles. The Balaban J connectivity index is 2.31. The largest absolute Gasteiger partial charge is 0.441 e. The van der Waals surface area contributed by atoms with Gasteiger partial charge in [0.2, 0.25) is 0 Å². The second-order valence-corrected chi connectivity index (χ2v) is 4.31. The first kappa shape index (κ1) is 10.5. The van der Waals surface area contributed by atoms with E-state index in [1.807, 2.05) is 36.0 Å². The maximum atomic E-state index is 5.45. The van der Waals surface area contributed by atoms with Crippen LogP contribution in [0.2, 0.25) is 0 Å². The van der Waals surface area contributed by atoms with E-state index in [1.54, 1.807) is 0 Å². The fourth-order valence-electron chi connectivity index (χ4n) is 1.94. The van der Waals surface area contributed by atoms with Crippen LogP contribution in [0.3, 0.4) is 0 Å². The molecule has 3 rings (SSSR count). The van der Waals surface area contributed by atoms with Gasteiger partial charge >= 0.3 is 0 Å². The number of nitrogens with zero attached hydrogens (tertiary/aromatic N) is 3. The topological polar surface area (TPSA) is 43.9 Å². The minimum absolute atomic E-state index is 0.656. The molecule has 0 amide bonds. The summed E-state index contributed by atoms with van der Waals surface area (Å²) >= 11 is 3.40. The van der Waals surface area contributed by atoms with Crippen molar-refractivity contribution in [1.82, 2.24) is 14.8 Å². The van der Waals surface area contributed by atoms with Crippen molar-refractivity contribution in [3.05, 3.63) is 36.4 Å². The van der Waals surface area contributed by atoms with Gasteiger partial charge in [0.05, 0.1) is 11.2 Å². The lowest BCUT2D eigenvalue weighted by Crippen LogP contribution is -1.90. The number of aromatic nitrogens is 3. The van der Waals surface area contributed by atoms with Gasteiger partial charge in [-0.25, -0.2) is 4.98 Å². The van der Waals surface area contributed by atoms with E-state index in [0.717, 1.165) is 28.1 Å². The van der Waals surface area contributed by atoms with Crippen LogP contribution >= 0.6 is 15.9 Å². The van der Waals surface area contributed by atoms with E-state index < -0.39 is 0 Å². The molecule has 0 atom stereocenters. The van der Waals surface area contributed by atoms with Crippen molar-refractivity contribution < 1.29 is 4.42 Å². The van der Waals surface area contributed by atoms with Crippen LogP contribution in [-0.4, -0.2) is 14.8 Å². The standard InChI is InChI=1S/C12H10BrN3O/c1-16-10-5-3-2-4-8(10)11(15-16)12-9(6-13)14-7-17-12/h2-5,7H,6H2,1H3. The maximum Gasteiger partial charge on any atom is 0.181 e. The van der Waals surface area contributed by atoms with Gasteiger partial charge in [0.1, 0.15) is 5.69 Å². The van der Waals surface area contributed by atoms with Crippen molar-refractivity contribution in [2.45, 2.75) is 5.33 Å². The highest BCUT2D eigenvalue weighted by molar-refractivity contribution is 9.08. The molecule has 0 bridgehead atoms. The summed E-state index contributed by atoms with van der Waals surface area (Å²) < 4.78 is 7.30. The number of benzene rings is 1. The summed E-state index contributed by atoms with van der Waals surface area (Å²) in [7, 11) is 1.93. The number of halogens is 1. The van der Waals surface area contributed by atoms with E-state index in [-0.39, 0.29) is 0 Å². The number of para-hydroxylation sites is 1. The molecule has 2 heterocycles. The Hall–Kier alpha value is -1.62. The van der Waals surface area contributed by atoms with Crippen LogP contribution in [0, 0.1) is 0 Å². The van der Waals surface area contributed by atoms with Gasteiger partial charge in [0, 0.05) is 17.8 Å². The predicted octanol–water partition coefficient (Wildman–Crippen LogP) is 3.12. The van der Waals surface area contributed by atoms with E-state index in [1.165, 1.54) is 6.39 Å². The number of hydrogen-bond acceptors (Lipinski definition) is 3. The maximum absolute atomic E-state index is 5.45. The number of oxazole rings is 1.